The third kappa shape index (κ3) is 3.06. The van der Waals surface area contributed by atoms with E-state index in [1.807, 2.05) is 0 Å². The summed E-state index contributed by atoms with van der Waals surface area (Å²) in [5.74, 6) is 0.734. The van der Waals surface area contributed by atoms with Crippen molar-refractivity contribution in [1.82, 2.24) is 0 Å². The molecule has 1 aromatic rings. The van der Waals surface area contributed by atoms with E-state index in [-0.39, 0.29) is 0 Å². The molecule has 0 spiro atoms. The molecule has 0 bridgehead atoms. The number of benzene rings is 1. The molecule has 0 aromatic heterocycles. The normalized spacial score (nSPS) is 12.9. The topological polar surface area (TPSA) is 0 Å². The lowest BCUT2D eigenvalue weighted by Crippen LogP contribution is -1.99. The predicted octanol–water partition coefficient (Wildman–Crippen LogP) is 3.26. The van der Waals surface area contributed by atoms with Crippen LogP contribution in [0.3, 0.4) is 0 Å². The zero-order valence-electron chi connectivity index (χ0n) is 6.76. The molecule has 0 saturated carbocycles. The van der Waals surface area contributed by atoms with Gasteiger partial charge in [-0.05, 0) is 17.9 Å². The number of rotatable bonds is 3. The van der Waals surface area contributed by atoms with Gasteiger partial charge >= 0.3 is 0 Å². The van der Waals surface area contributed by atoms with Crippen LogP contribution < -0.4 is 0 Å². The van der Waals surface area contributed by atoms with Crippen LogP contribution in [-0.2, 0) is 6.42 Å². The molecule has 0 aliphatic rings. The molecule has 0 radical (unpaired) electrons. The van der Waals surface area contributed by atoms with Gasteiger partial charge in [0.1, 0.15) is 0 Å². The Kier molecular flexibility index (Phi) is 3.64. The van der Waals surface area contributed by atoms with E-state index in [0.717, 1.165) is 11.2 Å². The third-order valence-corrected chi connectivity index (χ3v) is 2.80. The average Bonchev–Trinajstić information content (AvgIpc) is 2.06. The molecular weight excluding hydrogens is 200 g/mol. The maximum Gasteiger partial charge on any atom is 0.00602 e. The van der Waals surface area contributed by atoms with Crippen LogP contribution in [0, 0.1) is 5.92 Å². The Morgan fingerprint density at radius 1 is 1.27 bits per heavy atom. The summed E-state index contributed by atoms with van der Waals surface area (Å²) in [6.45, 7) is 2.25. The molecule has 1 aromatic carbocycles. The van der Waals surface area contributed by atoms with Gasteiger partial charge in [-0.2, -0.15) is 0 Å². The number of halogens is 1. The van der Waals surface area contributed by atoms with Crippen molar-refractivity contribution in [3.63, 3.8) is 0 Å². The van der Waals surface area contributed by atoms with Gasteiger partial charge < -0.3 is 0 Å². The second-order valence-electron chi connectivity index (χ2n) is 2.95. The van der Waals surface area contributed by atoms with Gasteiger partial charge in [0.05, 0.1) is 0 Å². The fraction of sp³-hybridized carbons (Fsp3) is 0.400. The van der Waals surface area contributed by atoms with E-state index < -0.39 is 0 Å². The minimum Gasteiger partial charge on any atom is -0.0925 e. The minimum atomic E-state index is 0.734. The van der Waals surface area contributed by atoms with Gasteiger partial charge in [0.25, 0.3) is 0 Å². The molecule has 60 valence electrons. The molecular formula is C10H13Br. The van der Waals surface area contributed by atoms with Crippen molar-refractivity contribution in [2.24, 2.45) is 5.92 Å². The van der Waals surface area contributed by atoms with Gasteiger partial charge in [0, 0.05) is 5.33 Å². The Labute approximate surface area is 76.8 Å². The first-order valence-electron chi connectivity index (χ1n) is 3.93. The molecule has 1 rings (SSSR count). The highest BCUT2D eigenvalue weighted by Gasteiger charge is 1.99. The summed E-state index contributed by atoms with van der Waals surface area (Å²) in [4.78, 5) is 0. The highest BCUT2D eigenvalue weighted by Crippen LogP contribution is 2.09. The summed E-state index contributed by atoms with van der Waals surface area (Å²) in [5.41, 5.74) is 1.43. The van der Waals surface area contributed by atoms with Crippen LogP contribution in [0.25, 0.3) is 0 Å². The Morgan fingerprint density at radius 2 is 1.91 bits per heavy atom. The van der Waals surface area contributed by atoms with Crippen molar-refractivity contribution in [1.29, 1.82) is 0 Å². The quantitative estimate of drug-likeness (QED) is 0.676. The molecule has 0 unspecified atom stereocenters. The summed E-state index contributed by atoms with van der Waals surface area (Å²) >= 11 is 3.47. The molecule has 11 heavy (non-hydrogen) atoms. The van der Waals surface area contributed by atoms with Crippen LogP contribution in [0.5, 0.6) is 0 Å². The Bertz CT molecular complexity index is 193. The van der Waals surface area contributed by atoms with Crippen molar-refractivity contribution >= 4 is 15.9 Å². The second kappa shape index (κ2) is 4.55. The lowest BCUT2D eigenvalue weighted by molar-refractivity contribution is 0.663. The van der Waals surface area contributed by atoms with Crippen molar-refractivity contribution in [3.8, 4) is 0 Å². The van der Waals surface area contributed by atoms with Gasteiger partial charge in [-0.1, -0.05) is 53.2 Å². The molecule has 0 heterocycles. The van der Waals surface area contributed by atoms with E-state index in [9.17, 15) is 0 Å². The molecule has 0 N–H and O–H groups in total. The van der Waals surface area contributed by atoms with Crippen LogP contribution in [0.15, 0.2) is 30.3 Å². The first kappa shape index (κ1) is 8.79. The van der Waals surface area contributed by atoms with Gasteiger partial charge in [-0.15, -0.1) is 0 Å². The van der Waals surface area contributed by atoms with Crippen molar-refractivity contribution in [2.45, 2.75) is 13.3 Å². The molecule has 0 fully saturated rings. The summed E-state index contributed by atoms with van der Waals surface area (Å²) < 4.78 is 0. The standard InChI is InChI=1S/C10H13Br/c1-9(8-11)7-10-5-3-2-4-6-10/h2-6,9H,7-8H2,1H3/t9-/m0/s1. The van der Waals surface area contributed by atoms with E-state index >= 15 is 0 Å². The number of hydrogen-bond donors (Lipinski definition) is 0. The molecule has 1 heteroatoms. The zero-order valence-corrected chi connectivity index (χ0v) is 8.34. The van der Waals surface area contributed by atoms with Crippen molar-refractivity contribution in [3.05, 3.63) is 35.9 Å². The molecule has 0 aliphatic carbocycles. The van der Waals surface area contributed by atoms with E-state index in [1.165, 1.54) is 12.0 Å². The van der Waals surface area contributed by atoms with E-state index in [0.29, 0.717) is 0 Å². The van der Waals surface area contributed by atoms with Crippen LogP contribution >= 0.6 is 15.9 Å². The SMILES string of the molecule is C[C@H](CBr)Cc1ccccc1. The molecule has 0 amide bonds. The Morgan fingerprint density at radius 3 is 2.45 bits per heavy atom. The molecule has 0 nitrogen and oxygen atoms in total. The Hall–Kier alpha value is -0.300. The van der Waals surface area contributed by atoms with Crippen LogP contribution in [0.2, 0.25) is 0 Å². The smallest absolute Gasteiger partial charge is 0.00602 e. The number of alkyl halides is 1. The summed E-state index contributed by atoms with van der Waals surface area (Å²) in [6, 6.07) is 10.6. The van der Waals surface area contributed by atoms with Gasteiger partial charge in [-0.25, -0.2) is 0 Å². The fourth-order valence-corrected chi connectivity index (χ4v) is 1.30. The zero-order chi connectivity index (χ0) is 8.10. The monoisotopic (exact) mass is 212 g/mol. The third-order valence-electron chi connectivity index (χ3n) is 1.69. The summed E-state index contributed by atoms with van der Waals surface area (Å²) in [7, 11) is 0. The van der Waals surface area contributed by atoms with E-state index in [4.69, 9.17) is 0 Å². The van der Waals surface area contributed by atoms with Gasteiger partial charge in [0.2, 0.25) is 0 Å². The van der Waals surface area contributed by atoms with E-state index in [1.54, 1.807) is 0 Å². The molecule has 0 saturated heterocycles. The predicted molar refractivity (Wildman–Crippen MR) is 53.1 cm³/mol. The highest BCUT2D eigenvalue weighted by atomic mass is 79.9. The van der Waals surface area contributed by atoms with Crippen molar-refractivity contribution < 1.29 is 0 Å². The maximum absolute atomic E-state index is 3.47. The van der Waals surface area contributed by atoms with Crippen molar-refractivity contribution in [2.75, 3.05) is 5.33 Å². The maximum atomic E-state index is 3.47. The van der Waals surface area contributed by atoms with Gasteiger partial charge in [-0.3, -0.25) is 0 Å². The summed E-state index contributed by atoms with van der Waals surface area (Å²) in [5, 5.41) is 1.09. The van der Waals surface area contributed by atoms with Gasteiger partial charge in [0.15, 0.2) is 0 Å². The lowest BCUT2D eigenvalue weighted by atomic mass is 10.0. The number of hydrogen-bond acceptors (Lipinski definition) is 0. The first-order valence-corrected chi connectivity index (χ1v) is 5.05. The van der Waals surface area contributed by atoms with E-state index in [2.05, 4.69) is 53.2 Å². The fourth-order valence-electron chi connectivity index (χ4n) is 1.07. The minimum absolute atomic E-state index is 0.734. The van der Waals surface area contributed by atoms with Crippen LogP contribution in [-0.4, -0.2) is 5.33 Å². The van der Waals surface area contributed by atoms with Crippen LogP contribution in [0.4, 0.5) is 0 Å². The summed E-state index contributed by atoms with van der Waals surface area (Å²) in [6.07, 6.45) is 1.17. The average molecular weight is 213 g/mol. The largest absolute Gasteiger partial charge is 0.0925 e. The molecule has 0 aliphatic heterocycles. The highest BCUT2D eigenvalue weighted by molar-refractivity contribution is 9.09. The van der Waals surface area contributed by atoms with Crippen LogP contribution in [0.1, 0.15) is 12.5 Å². The Balaban J connectivity index is 2.51. The lowest BCUT2D eigenvalue weighted by Gasteiger charge is -2.06. The molecule has 1 atom stereocenters. The second-order valence-corrected chi connectivity index (χ2v) is 3.60. The first-order chi connectivity index (χ1) is 5.33.